The summed E-state index contributed by atoms with van der Waals surface area (Å²) in [6, 6.07) is 0. The number of rotatable bonds is 6. The van der Waals surface area contributed by atoms with Crippen LogP contribution in [0.3, 0.4) is 0 Å². The molecule has 2 N–H and O–H groups in total. The SMILES string of the molecule is CCCCc1nc(C(N)=O)c2nnn(CCCl)c(=O)n12. The van der Waals surface area contributed by atoms with Crippen LogP contribution in [-0.2, 0) is 13.0 Å². The summed E-state index contributed by atoms with van der Waals surface area (Å²) >= 11 is 5.61. The molecule has 1 amide bonds. The van der Waals surface area contributed by atoms with E-state index in [1.165, 1.54) is 4.40 Å². The first-order valence-corrected chi connectivity index (χ1v) is 6.84. The highest BCUT2D eigenvalue weighted by Gasteiger charge is 2.19. The normalized spacial score (nSPS) is 11.1. The van der Waals surface area contributed by atoms with Crippen molar-refractivity contribution in [3.8, 4) is 0 Å². The van der Waals surface area contributed by atoms with E-state index in [0.29, 0.717) is 12.2 Å². The molecule has 2 heterocycles. The number of hydrogen-bond acceptors (Lipinski definition) is 5. The summed E-state index contributed by atoms with van der Waals surface area (Å²) in [5.41, 5.74) is 4.91. The van der Waals surface area contributed by atoms with Crippen LogP contribution < -0.4 is 11.4 Å². The molecule has 0 fully saturated rings. The molecule has 0 spiro atoms. The van der Waals surface area contributed by atoms with Crippen molar-refractivity contribution in [1.29, 1.82) is 0 Å². The minimum absolute atomic E-state index is 0.0290. The Kier molecular flexibility index (Phi) is 4.33. The van der Waals surface area contributed by atoms with E-state index in [1.807, 2.05) is 6.92 Å². The maximum atomic E-state index is 12.3. The standard InChI is InChI=1S/C11H15ClN6O2/c1-2-3-4-7-14-8(9(13)19)10-15-16-17(6-5-12)11(20)18(7)10/h2-6H2,1H3,(H2,13,19). The van der Waals surface area contributed by atoms with E-state index >= 15 is 0 Å². The average molecular weight is 299 g/mol. The highest BCUT2D eigenvalue weighted by atomic mass is 35.5. The smallest absolute Gasteiger partial charge is 0.353 e. The predicted molar refractivity (Wildman–Crippen MR) is 72.9 cm³/mol. The first kappa shape index (κ1) is 14.4. The van der Waals surface area contributed by atoms with Crippen LogP contribution in [0.25, 0.3) is 5.65 Å². The molecular formula is C11H15ClN6O2. The Balaban J connectivity index is 2.67. The molecule has 9 heteroatoms. The number of hydrogen-bond donors (Lipinski definition) is 1. The van der Waals surface area contributed by atoms with Crippen molar-refractivity contribution in [2.45, 2.75) is 32.7 Å². The van der Waals surface area contributed by atoms with E-state index in [0.717, 1.165) is 17.5 Å². The second kappa shape index (κ2) is 6.00. The molecule has 2 aromatic rings. The highest BCUT2D eigenvalue weighted by molar-refractivity contribution is 6.17. The molecular weight excluding hydrogens is 284 g/mol. The Hall–Kier alpha value is -1.96. The molecule has 8 nitrogen and oxygen atoms in total. The van der Waals surface area contributed by atoms with Gasteiger partial charge in [0.25, 0.3) is 5.91 Å². The first-order valence-electron chi connectivity index (χ1n) is 6.31. The number of alkyl halides is 1. The summed E-state index contributed by atoms with van der Waals surface area (Å²) in [7, 11) is 0. The number of unbranched alkanes of at least 4 members (excludes halogenated alkanes) is 1. The van der Waals surface area contributed by atoms with Crippen LogP contribution in [0.15, 0.2) is 4.79 Å². The van der Waals surface area contributed by atoms with Gasteiger partial charge >= 0.3 is 5.69 Å². The molecule has 20 heavy (non-hydrogen) atoms. The van der Waals surface area contributed by atoms with E-state index in [9.17, 15) is 9.59 Å². The van der Waals surface area contributed by atoms with Gasteiger partial charge in [-0.2, -0.15) is 4.68 Å². The van der Waals surface area contributed by atoms with Crippen LogP contribution in [0.5, 0.6) is 0 Å². The fraction of sp³-hybridized carbons (Fsp3) is 0.545. The second-order valence-electron chi connectivity index (χ2n) is 4.29. The Morgan fingerprint density at radius 3 is 2.80 bits per heavy atom. The lowest BCUT2D eigenvalue weighted by molar-refractivity contribution is 0.0997. The third-order valence-corrected chi connectivity index (χ3v) is 3.03. The van der Waals surface area contributed by atoms with Crippen molar-refractivity contribution in [2.75, 3.05) is 5.88 Å². The summed E-state index contributed by atoms with van der Waals surface area (Å²) in [6.45, 7) is 2.26. The minimum atomic E-state index is -0.728. The molecule has 0 aromatic carbocycles. The molecule has 108 valence electrons. The Labute approximate surface area is 119 Å². The van der Waals surface area contributed by atoms with Gasteiger partial charge in [0.15, 0.2) is 11.3 Å². The Morgan fingerprint density at radius 2 is 2.20 bits per heavy atom. The van der Waals surface area contributed by atoms with Gasteiger partial charge in [-0.05, 0) is 6.42 Å². The molecule has 2 rings (SSSR count). The first-order chi connectivity index (χ1) is 9.60. The van der Waals surface area contributed by atoms with Gasteiger partial charge in [0.1, 0.15) is 5.82 Å². The zero-order chi connectivity index (χ0) is 14.7. The number of nitrogens with two attached hydrogens (primary N) is 1. The molecule has 0 bridgehead atoms. The lowest BCUT2D eigenvalue weighted by Crippen LogP contribution is -2.31. The van der Waals surface area contributed by atoms with Crippen LogP contribution in [0, 0.1) is 0 Å². The molecule has 2 aromatic heterocycles. The van der Waals surface area contributed by atoms with Crippen molar-refractivity contribution in [3.63, 3.8) is 0 Å². The van der Waals surface area contributed by atoms with Crippen LogP contribution >= 0.6 is 11.6 Å². The fourth-order valence-electron chi connectivity index (χ4n) is 1.89. The lowest BCUT2D eigenvalue weighted by atomic mass is 10.2. The molecule has 0 radical (unpaired) electrons. The molecule has 0 atom stereocenters. The van der Waals surface area contributed by atoms with Crippen LogP contribution in [0.4, 0.5) is 0 Å². The summed E-state index contributed by atoms with van der Waals surface area (Å²) in [6.07, 6.45) is 2.34. The topological polar surface area (TPSA) is 108 Å². The van der Waals surface area contributed by atoms with Crippen molar-refractivity contribution in [1.82, 2.24) is 24.4 Å². The maximum Gasteiger partial charge on any atom is 0.353 e. The van der Waals surface area contributed by atoms with Gasteiger partial charge < -0.3 is 5.73 Å². The van der Waals surface area contributed by atoms with Gasteiger partial charge in [-0.1, -0.05) is 18.6 Å². The highest BCUT2D eigenvalue weighted by Crippen LogP contribution is 2.09. The number of nitrogens with zero attached hydrogens (tertiary/aromatic N) is 5. The van der Waals surface area contributed by atoms with E-state index in [2.05, 4.69) is 15.3 Å². The minimum Gasteiger partial charge on any atom is -0.364 e. The fourth-order valence-corrected chi connectivity index (χ4v) is 2.05. The summed E-state index contributed by atoms with van der Waals surface area (Å²) in [5, 5.41) is 7.60. The lowest BCUT2D eigenvalue weighted by Gasteiger charge is -2.03. The number of aryl methyl sites for hydroxylation is 2. The predicted octanol–water partition coefficient (Wildman–Crippen LogP) is -0.0337. The third kappa shape index (κ3) is 2.51. The van der Waals surface area contributed by atoms with Gasteiger partial charge in [0.05, 0.1) is 6.54 Å². The molecule has 0 aliphatic heterocycles. The molecule has 0 aliphatic carbocycles. The quantitative estimate of drug-likeness (QED) is 0.753. The van der Waals surface area contributed by atoms with E-state index in [1.54, 1.807) is 0 Å². The van der Waals surface area contributed by atoms with Crippen LogP contribution in [0.2, 0.25) is 0 Å². The number of fused-ring (bicyclic) bond motifs is 1. The summed E-state index contributed by atoms with van der Waals surface area (Å²) in [5.74, 6) is -0.0187. The largest absolute Gasteiger partial charge is 0.364 e. The molecule has 0 saturated heterocycles. The molecule has 0 unspecified atom stereocenters. The van der Waals surface area contributed by atoms with Crippen molar-refractivity contribution < 1.29 is 4.79 Å². The summed E-state index contributed by atoms with van der Waals surface area (Å²) < 4.78 is 2.43. The van der Waals surface area contributed by atoms with Gasteiger partial charge in [0.2, 0.25) is 0 Å². The van der Waals surface area contributed by atoms with Crippen LogP contribution in [0.1, 0.15) is 36.1 Å². The monoisotopic (exact) mass is 298 g/mol. The number of primary amides is 1. The molecule has 0 saturated carbocycles. The zero-order valence-corrected chi connectivity index (χ0v) is 11.8. The number of aromatic nitrogens is 5. The second-order valence-corrected chi connectivity index (χ2v) is 4.67. The van der Waals surface area contributed by atoms with E-state index in [-0.39, 0.29) is 23.8 Å². The van der Waals surface area contributed by atoms with Gasteiger partial charge in [-0.3, -0.25) is 4.79 Å². The van der Waals surface area contributed by atoms with Gasteiger partial charge in [-0.25, -0.2) is 14.2 Å². The number of amides is 1. The maximum absolute atomic E-state index is 12.3. The van der Waals surface area contributed by atoms with Crippen molar-refractivity contribution in [3.05, 3.63) is 22.0 Å². The Bertz CT molecular complexity index is 692. The number of imidazole rings is 1. The van der Waals surface area contributed by atoms with Crippen molar-refractivity contribution in [2.24, 2.45) is 5.73 Å². The summed E-state index contributed by atoms with van der Waals surface area (Å²) in [4.78, 5) is 27.8. The van der Waals surface area contributed by atoms with Gasteiger partial charge in [0, 0.05) is 12.3 Å². The van der Waals surface area contributed by atoms with E-state index < -0.39 is 11.6 Å². The molecule has 0 aliphatic rings. The number of halogens is 1. The average Bonchev–Trinajstić information content (AvgIpc) is 2.79. The van der Waals surface area contributed by atoms with Gasteiger partial charge in [-0.15, -0.1) is 16.7 Å². The number of carbonyl (C=O) groups is 1. The number of carbonyl (C=O) groups excluding carboxylic acids is 1. The van der Waals surface area contributed by atoms with Crippen LogP contribution in [-0.4, -0.2) is 36.2 Å². The van der Waals surface area contributed by atoms with E-state index in [4.69, 9.17) is 17.3 Å². The third-order valence-electron chi connectivity index (χ3n) is 2.87. The Morgan fingerprint density at radius 1 is 1.45 bits per heavy atom. The van der Waals surface area contributed by atoms with Crippen molar-refractivity contribution >= 4 is 23.2 Å². The zero-order valence-electron chi connectivity index (χ0n) is 11.0.